The summed E-state index contributed by atoms with van der Waals surface area (Å²) < 4.78 is 14.5. The Morgan fingerprint density at radius 1 is 1.17 bits per heavy atom. The van der Waals surface area contributed by atoms with E-state index in [0.717, 1.165) is 20.3 Å². The third-order valence-electron chi connectivity index (χ3n) is 2.94. The lowest BCUT2D eigenvalue weighted by Gasteiger charge is -2.20. The number of rotatable bonds is 3. The first kappa shape index (κ1) is 13.5. The predicted molar refractivity (Wildman–Crippen MR) is 79.5 cm³/mol. The quantitative estimate of drug-likeness (QED) is 0.503. The first-order valence-corrected chi connectivity index (χ1v) is 6.68. The predicted octanol–water partition coefficient (Wildman–Crippen LogP) is 3.29. The van der Waals surface area contributed by atoms with Crippen LogP contribution in [0.5, 0.6) is 0 Å². The molecule has 0 amide bonds. The van der Waals surface area contributed by atoms with Crippen LogP contribution in [0.25, 0.3) is 0 Å². The minimum absolute atomic E-state index is 0.200. The summed E-state index contributed by atoms with van der Waals surface area (Å²) in [4.78, 5) is 0. The third-order valence-corrected chi connectivity index (χ3v) is 3.92. The Balaban J connectivity index is 2.52. The van der Waals surface area contributed by atoms with Gasteiger partial charge in [-0.1, -0.05) is 24.3 Å². The van der Waals surface area contributed by atoms with E-state index >= 15 is 0 Å². The second kappa shape index (κ2) is 5.77. The van der Waals surface area contributed by atoms with Crippen LogP contribution in [0.1, 0.15) is 22.7 Å². The molecule has 18 heavy (non-hydrogen) atoms. The van der Waals surface area contributed by atoms with Crippen LogP contribution in [0.3, 0.4) is 0 Å². The van der Waals surface area contributed by atoms with Gasteiger partial charge in [-0.15, -0.1) is 0 Å². The molecule has 0 spiro atoms. The largest absolute Gasteiger partial charge is 0.271 e. The maximum atomic E-state index is 13.4. The van der Waals surface area contributed by atoms with Crippen molar-refractivity contribution >= 4 is 22.6 Å². The summed E-state index contributed by atoms with van der Waals surface area (Å²) in [6.07, 6.45) is 0. The van der Waals surface area contributed by atoms with Crippen molar-refractivity contribution in [2.75, 3.05) is 0 Å². The number of halogens is 2. The van der Waals surface area contributed by atoms with Gasteiger partial charge in [-0.2, -0.15) is 0 Å². The van der Waals surface area contributed by atoms with E-state index in [-0.39, 0.29) is 11.9 Å². The number of hydrazine groups is 1. The van der Waals surface area contributed by atoms with Crippen LogP contribution in [0, 0.1) is 16.3 Å². The minimum atomic E-state index is -0.248. The van der Waals surface area contributed by atoms with Crippen LogP contribution in [-0.2, 0) is 0 Å². The summed E-state index contributed by atoms with van der Waals surface area (Å²) in [5.41, 5.74) is 5.70. The van der Waals surface area contributed by atoms with E-state index in [1.165, 1.54) is 12.1 Å². The first-order valence-electron chi connectivity index (χ1n) is 5.60. The van der Waals surface area contributed by atoms with Crippen LogP contribution in [0.4, 0.5) is 4.39 Å². The van der Waals surface area contributed by atoms with E-state index in [0.29, 0.717) is 0 Å². The molecule has 3 N–H and O–H groups in total. The molecule has 0 fully saturated rings. The average molecular weight is 356 g/mol. The summed E-state index contributed by atoms with van der Waals surface area (Å²) in [5, 5.41) is 0. The minimum Gasteiger partial charge on any atom is -0.271 e. The van der Waals surface area contributed by atoms with Gasteiger partial charge in [0.05, 0.1) is 6.04 Å². The van der Waals surface area contributed by atoms with Crippen molar-refractivity contribution in [3.05, 3.63) is 68.5 Å². The summed E-state index contributed by atoms with van der Waals surface area (Å²) >= 11 is 2.26. The van der Waals surface area contributed by atoms with Crippen molar-refractivity contribution in [1.29, 1.82) is 0 Å². The number of hydrogen-bond donors (Lipinski definition) is 2. The van der Waals surface area contributed by atoms with Gasteiger partial charge in [-0.25, -0.2) is 9.82 Å². The maximum Gasteiger partial charge on any atom is 0.123 e. The molecule has 0 aliphatic rings. The molecule has 2 aromatic carbocycles. The SMILES string of the molecule is Cc1ccc(F)cc1C(NN)c1ccccc1I. The Hall–Kier alpha value is -0.980. The molecule has 2 aromatic rings. The van der Waals surface area contributed by atoms with Gasteiger partial charge in [0.25, 0.3) is 0 Å². The van der Waals surface area contributed by atoms with Crippen molar-refractivity contribution in [2.24, 2.45) is 5.84 Å². The molecular weight excluding hydrogens is 342 g/mol. The van der Waals surface area contributed by atoms with Gasteiger partial charge in [0, 0.05) is 3.57 Å². The van der Waals surface area contributed by atoms with E-state index in [2.05, 4.69) is 28.0 Å². The molecular formula is C14H14FIN2. The molecule has 0 aliphatic heterocycles. The van der Waals surface area contributed by atoms with E-state index < -0.39 is 0 Å². The fourth-order valence-corrected chi connectivity index (χ4v) is 2.68. The maximum absolute atomic E-state index is 13.4. The highest BCUT2D eigenvalue weighted by Gasteiger charge is 2.17. The van der Waals surface area contributed by atoms with Gasteiger partial charge in [0.15, 0.2) is 0 Å². The Morgan fingerprint density at radius 3 is 2.56 bits per heavy atom. The molecule has 0 bridgehead atoms. The molecule has 4 heteroatoms. The molecule has 94 valence electrons. The summed E-state index contributed by atoms with van der Waals surface area (Å²) in [5.74, 6) is 5.40. The molecule has 0 aliphatic carbocycles. The number of benzene rings is 2. The molecule has 0 aromatic heterocycles. The topological polar surface area (TPSA) is 38.0 Å². The molecule has 1 atom stereocenters. The van der Waals surface area contributed by atoms with E-state index in [1.807, 2.05) is 31.2 Å². The second-order valence-corrected chi connectivity index (χ2v) is 5.28. The average Bonchev–Trinajstić information content (AvgIpc) is 2.36. The van der Waals surface area contributed by atoms with Crippen molar-refractivity contribution in [2.45, 2.75) is 13.0 Å². The fourth-order valence-electron chi connectivity index (χ4n) is 1.98. The third kappa shape index (κ3) is 2.71. The van der Waals surface area contributed by atoms with E-state index in [4.69, 9.17) is 5.84 Å². The number of aryl methyl sites for hydroxylation is 1. The van der Waals surface area contributed by atoms with Gasteiger partial charge in [0.1, 0.15) is 5.82 Å². The molecule has 0 saturated heterocycles. The lowest BCUT2D eigenvalue weighted by molar-refractivity contribution is 0.601. The highest BCUT2D eigenvalue weighted by Crippen LogP contribution is 2.28. The van der Waals surface area contributed by atoms with Crippen LogP contribution in [0.2, 0.25) is 0 Å². The molecule has 0 heterocycles. The van der Waals surface area contributed by atoms with Crippen LogP contribution in [0.15, 0.2) is 42.5 Å². The van der Waals surface area contributed by atoms with Crippen molar-refractivity contribution in [1.82, 2.24) is 5.43 Å². The van der Waals surface area contributed by atoms with Gasteiger partial charge in [-0.3, -0.25) is 5.84 Å². The zero-order valence-corrected chi connectivity index (χ0v) is 12.1. The smallest absolute Gasteiger partial charge is 0.123 e. The normalized spacial score (nSPS) is 12.4. The van der Waals surface area contributed by atoms with Crippen LogP contribution < -0.4 is 11.3 Å². The Morgan fingerprint density at radius 2 is 1.89 bits per heavy atom. The second-order valence-electron chi connectivity index (χ2n) is 4.12. The molecule has 2 nitrogen and oxygen atoms in total. The lowest BCUT2D eigenvalue weighted by atomic mass is 9.95. The van der Waals surface area contributed by atoms with Crippen LogP contribution in [-0.4, -0.2) is 0 Å². The molecule has 0 saturated carbocycles. The monoisotopic (exact) mass is 356 g/mol. The lowest BCUT2D eigenvalue weighted by Crippen LogP contribution is -2.30. The summed E-state index contributed by atoms with van der Waals surface area (Å²) in [6.45, 7) is 1.95. The summed E-state index contributed by atoms with van der Waals surface area (Å²) in [6, 6.07) is 12.5. The van der Waals surface area contributed by atoms with Gasteiger partial charge >= 0.3 is 0 Å². The zero-order valence-electron chi connectivity index (χ0n) is 9.95. The van der Waals surface area contributed by atoms with Crippen molar-refractivity contribution in [3.63, 3.8) is 0 Å². The van der Waals surface area contributed by atoms with Crippen molar-refractivity contribution < 1.29 is 4.39 Å². The molecule has 1 unspecified atom stereocenters. The standard InChI is InChI=1S/C14H14FIN2/c1-9-6-7-10(15)8-12(9)14(18-17)11-4-2-3-5-13(11)16/h2-8,14,18H,17H2,1H3. The van der Waals surface area contributed by atoms with Crippen molar-refractivity contribution in [3.8, 4) is 0 Å². The number of hydrogen-bond acceptors (Lipinski definition) is 2. The fraction of sp³-hybridized carbons (Fsp3) is 0.143. The highest BCUT2D eigenvalue weighted by atomic mass is 127. The molecule has 0 radical (unpaired) electrons. The number of nitrogens with two attached hydrogens (primary N) is 1. The van der Waals surface area contributed by atoms with Crippen LogP contribution >= 0.6 is 22.6 Å². The summed E-state index contributed by atoms with van der Waals surface area (Å²) in [7, 11) is 0. The van der Waals surface area contributed by atoms with E-state index in [9.17, 15) is 4.39 Å². The Labute approximate surface area is 120 Å². The Kier molecular flexibility index (Phi) is 4.31. The first-order chi connectivity index (χ1) is 8.63. The van der Waals surface area contributed by atoms with Gasteiger partial charge in [0.2, 0.25) is 0 Å². The van der Waals surface area contributed by atoms with Gasteiger partial charge in [-0.05, 0) is 64.4 Å². The molecule has 2 rings (SSSR count). The zero-order chi connectivity index (χ0) is 13.1. The Bertz CT molecular complexity index is 557. The highest BCUT2D eigenvalue weighted by molar-refractivity contribution is 14.1. The van der Waals surface area contributed by atoms with Gasteiger partial charge < -0.3 is 0 Å². The van der Waals surface area contributed by atoms with E-state index in [1.54, 1.807) is 6.07 Å². The number of nitrogens with one attached hydrogen (secondary N) is 1.